The first-order chi connectivity index (χ1) is 14.7. The standard InChI is InChI=1S/C20H15F2N3O5S/c21-18-10-9-17(11-19(18)22)31(29,30)24-15-5-3-14(4-6-15)20(26)23-12-13-1-7-16(8-2-13)25(27)28/h1-11,24H,12H2,(H,23,26). The number of sulfonamides is 1. The van der Waals surface area contributed by atoms with Crippen LogP contribution in [0.15, 0.2) is 71.6 Å². The van der Waals surface area contributed by atoms with Crippen molar-refractivity contribution in [1.82, 2.24) is 5.32 Å². The average molecular weight is 447 g/mol. The van der Waals surface area contributed by atoms with Crippen molar-refractivity contribution in [1.29, 1.82) is 0 Å². The topological polar surface area (TPSA) is 118 Å². The highest BCUT2D eigenvalue weighted by atomic mass is 32.2. The Morgan fingerprint density at radius 1 is 0.935 bits per heavy atom. The number of nitro benzene ring substituents is 1. The van der Waals surface area contributed by atoms with E-state index < -0.39 is 37.4 Å². The molecule has 8 nitrogen and oxygen atoms in total. The summed E-state index contributed by atoms with van der Waals surface area (Å²) in [5.41, 5.74) is 0.973. The molecule has 3 aromatic carbocycles. The number of halogens is 2. The normalized spacial score (nSPS) is 11.0. The van der Waals surface area contributed by atoms with E-state index in [0.717, 1.165) is 6.07 Å². The molecule has 0 heterocycles. The molecule has 1 amide bonds. The summed E-state index contributed by atoms with van der Waals surface area (Å²) in [6.45, 7) is 0.140. The Hall–Kier alpha value is -3.86. The fraction of sp³-hybridized carbons (Fsp3) is 0.0500. The third-order valence-corrected chi connectivity index (χ3v) is 5.58. The lowest BCUT2D eigenvalue weighted by molar-refractivity contribution is -0.384. The molecule has 0 aliphatic rings. The molecule has 0 spiro atoms. The Kier molecular flexibility index (Phi) is 6.25. The summed E-state index contributed by atoms with van der Waals surface area (Å²) in [6.07, 6.45) is 0. The average Bonchev–Trinajstić information content (AvgIpc) is 2.74. The van der Waals surface area contributed by atoms with Gasteiger partial charge in [-0.2, -0.15) is 0 Å². The van der Waals surface area contributed by atoms with Gasteiger partial charge in [0.25, 0.3) is 21.6 Å². The molecule has 0 aromatic heterocycles. The van der Waals surface area contributed by atoms with Gasteiger partial charge in [-0.1, -0.05) is 12.1 Å². The van der Waals surface area contributed by atoms with E-state index in [0.29, 0.717) is 17.7 Å². The summed E-state index contributed by atoms with van der Waals surface area (Å²) in [5, 5.41) is 13.3. The molecule has 0 fully saturated rings. The van der Waals surface area contributed by atoms with Crippen LogP contribution in [0.3, 0.4) is 0 Å². The highest BCUT2D eigenvalue weighted by Gasteiger charge is 2.17. The molecule has 2 N–H and O–H groups in total. The fourth-order valence-electron chi connectivity index (χ4n) is 2.57. The van der Waals surface area contributed by atoms with Gasteiger partial charge < -0.3 is 5.32 Å². The summed E-state index contributed by atoms with van der Waals surface area (Å²) in [5.74, 6) is -2.89. The van der Waals surface area contributed by atoms with E-state index >= 15 is 0 Å². The summed E-state index contributed by atoms with van der Waals surface area (Å²) in [4.78, 5) is 21.9. The second-order valence-electron chi connectivity index (χ2n) is 6.36. The van der Waals surface area contributed by atoms with Crippen LogP contribution < -0.4 is 10.0 Å². The smallest absolute Gasteiger partial charge is 0.269 e. The maximum atomic E-state index is 13.3. The predicted octanol–water partition coefficient (Wildman–Crippen LogP) is 3.60. The van der Waals surface area contributed by atoms with Crippen molar-refractivity contribution in [2.75, 3.05) is 4.72 Å². The van der Waals surface area contributed by atoms with Gasteiger partial charge in [-0.15, -0.1) is 0 Å². The van der Waals surface area contributed by atoms with Crippen LogP contribution in [0.25, 0.3) is 0 Å². The molecule has 0 atom stereocenters. The Bertz CT molecular complexity index is 1230. The van der Waals surface area contributed by atoms with Gasteiger partial charge in [0.05, 0.1) is 9.82 Å². The summed E-state index contributed by atoms with van der Waals surface area (Å²) in [7, 11) is -4.15. The summed E-state index contributed by atoms with van der Waals surface area (Å²) < 4.78 is 53.1. The molecule has 0 unspecified atom stereocenters. The van der Waals surface area contributed by atoms with Gasteiger partial charge >= 0.3 is 0 Å². The van der Waals surface area contributed by atoms with E-state index in [4.69, 9.17) is 0 Å². The molecular weight excluding hydrogens is 432 g/mol. The van der Waals surface area contributed by atoms with Gasteiger partial charge in [0.15, 0.2) is 11.6 Å². The molecule has 0 aliphatic carbocycles. The van der Waals surface area contributed by atoms with Gasteiger partial charge in [0.2, 0.25) is 0 Å². The summed E-state index contributed by atoms with van der Waals surface area (Å²) in [6, 6.07) is 13.4. The van der Waals surface area contributed by atoms with Crippen molar-refractivity contribution in [2.24, 2.45) is 0 Å². The molecule has 0 radical (unpaired) electrons. The van der Waals surface area contributed by atoms with E-state index in [1.807, 2.05) is 0 Å². The van der Waals surface area contributed by atoms with Crippen molar-refractivity contribution < 1.29 is 26.9 Å². The second-order valence-corrected chi connectivity index (χ2v) is 8.05. The highest BCUT2D eigenvalue weighted by molar-refractivity contribution is 7.92. The maximum Gasteiger partial charge on any atom is 0.269 e. The molecule has 0 saturated carbocycles. The zero-order valence-electron chi connectivity index (χ0n) is 15.7. The van der Waals surface area contributed by atoms with Crippen LogP contribution in [0.1, 0.15) is 15.9 Å². The second kappa shape index (κ2) is 8.88. The van der Waals surface area contributed by atoms with Gasteiger partial charge in [0.1, 0.15) is 0 Å². The lowest BCUT2D eigenvalue weighted by atomic mass is 10.1. The molecule has 160 valence electrons. The lowest BCUT2D eigenvalue weighted by Gasteiger charge is -2.10. The third kappa shape index (κ3) is 5.39. The van der Waals surface area contributed by atoms with E-state index in [2.05, 4.69) is 10.0 Å². The van der Waals surface area contributed by atoms with E-state index in [1.165, 1.54) is 48.5 Å². The number of hydrogen-bond donors (Lipinski definition) is 2. The first-order valence-corrected chi connectivity index (χ1v) is 10.2. The van der Waals surface area contributed by atoms with Gasteiger partial charge in [-0.05, 0) is 48.0 Å². The minimum Gasteiger partial charge on any atom is -0.348 e. The largest absolute Gasteiger partial charge is 0.348 e. The molecular formula is C20H15F2N3O5S. The Morgan fingerprint density at radius 3 is 2.16 bits per heavy atom. The van der Waals surface area contributed by atoms with Crippen LogP contribution in [-0.4, -0.2) is 19.2 Å². The number of nitrogens with zero attached hydrogens (tertiary/aromatic N) is 1. The Morgan fingerprint density at radius 2 is 1.58 bits per heavy atom. The quantitative estimate of drug-likeness (QED) is 0.424. The van der Waals surface area contributed by atoms with Crippen LogP contribution >= 0.6 is 0 Å². The number of nitro groups is 1. The molecule has 31 heavy (non-hydrogen) atoms. The number of carbonyl (C=O) groups excluding carboxylic acids is 1. The predicted molar refractivity (Wildman–Crippen MR) is 108 cm³/mol. The number of benzene rings is 3. The third-order valence-electron chi connectivity index (χ3n) is 4.20. The van der Waals surface area contributed by atoms with Crippen LogP contribution in [0.5, 0.6) is 0 Å². The zero-order chi connectivity index (χ0) is 22.6. The fourth-order valence-corrected chi connectivity index (χ4v) is 3.64. The molecule has 0 saturated heterocycles. The summed E-state index contributed by atoms with van der Waals surface area (Å²) >= 11 is 0. The SMILES string of the molecule is O=C(NCc1ccc([N+](=O)[O-])cc1)c1ccc(NS(=O)(=O)c2ccc(F)c(F)c2)cc1. The van der Waals surface area contributed by atoms with Crippen LogP contribution in [0.2, 0.25) is 0 Å². The number of hydrogen-bond acceptors (Lipinski definition) is 5. The molecule has 3 rings (SSSR count). The van der Waals surface area contributed by atoms with Crippen molar-refractivity contribution in [2.45, 2.75) is 11.4 Å². The Balaban J connectivity index is 1.63. The molecule has 11 heteroatoms. The van der Waals surface area contributed by atoms with Gasteiger partial charge in [-0.3, -0.25) is 19.6 Å². The van der Waals surface area contributed by atoms with E-state index in [1.54, 1.807) is 0 Å². The number of non-ortho nitro benzene ring substituents is 1. The van der Waals surface area contributed by atoms with Crippen LogP contribution in [-0.2, 0) is 16.6 Å². The van der Waals surface area contributed by atoms with Gasteiger partial charge in [0, 0.05) is 29.9 Å². The number of anilines is 1. The number of carbonyl (C=O) groups is 1. The molecule has 0 aliphatic heterocycles. The number of rotatable bonds is 7. The monoisotopic (exact) mass is 447 g/mol. The number of nitrogens with one attached hydrogen (secondary N) is 2. The van der Waals surface area contributed by atoms with E-state index in [9.17, 15) is 32.1 Å². The first kappa shape index (κ1) is 21.8. The van der Waals surface area contributed by atoms with Crippen molar-refractivity contribution >= 4 is 27.3 Å². The zero-order valence-corrected chi connectivity index (χ0v) is 16.5. The lowest BCUT2D eigenvalue weighted by Crippen LogP contribution is -2.22. The highest BCUT2D eigenvalue weighted by Crippen LogP contribution is 2.19. The minimum atomic E-state index is -4.15. The van der Waals surface area contributed by atoms with Crippen molar-refractivity contribution in [3.8, 4) is 0 Å². The van der Waals surface area contributed by atoms with Gasteiger partial charge in [-0.25, -0.2) is 17.2 Å². The Labute approximate surface area is 175 Å². The van der Waals surface area contributed by atoms with Crippen LogP contribution in [0.4, 0.5) is 20.2 Å². The maximum absolute atomic E-state index is 13.3. The van der Waals surface area contributed by atoms with Crippen molar-refractivity contribution in [3.05, 3.63) is 99.6 Å². The van der Waals surface area contributed by atoms with Crippen LogP contribution in [0, 0.1) is 21.7 Å². The minimum absolute atomic E-state index is 0.0588. The first-order valence-electron chi connectivity index (χ1n) is 8.75. The number of amides is 1. The van der Waals surface area contributed by atoms with E-state index in [-0.39, 0.29) is 23.5 Å². The molecule has 3 aromatic rings. The molecule has 0 bridgehead atoms. The van der Waals surface area contributed by atoms with Crippen molar-refractivity contribution in [3.63, 3.8) is 0 Å².